The summed E-state index contributed by atoms with van der Waals surface area (Å²) >= 11 is 5.84. The third kappa shape index (κ3) is 8.54. The molecule has 156 valence electrons. The van der Waals surface area contributed by atoms with Gasteiger partial charge in [0.05, 0.1) is 6.61 Å². The molecule has 0 radical (unpaired) electrons. The second kappa shape index (κ2) is 10.3. The number of carbonyl (C=O) groups excluding carboxylic acids is 1. The summed E-state index contributed by atoms with van der Waals surface area (Å²) in [6.45, 7) is 5.33. The van der Waals surface area contributed by atoms with Crippen LogP contribution in [0.2, 0.25) is 5.02 Å². The van der Waals surface area contributed by atoms with E-state index in [9.17, 15) is 14.7 Å². The van der Waals surface area contributed by atoms with Crippen LogP contribution in [0.3, 0.4) is 0 Å². The molecule has 0 amide bonds. The van der Waals surface area contributed by atoms with Crippen molar-refractivity contribution >= 4 is 23.5 Å². The average Bonchev–Trinajstić information content (AvgIpc) is 2.64. The highest BCUT2D eigenvalue weighted by atomic mass is 35.5. The van der Waals surface area contributed by atoms with E-state index in [4.69, 9.17) is 25.8 Å². The number of esters is 1. The highest BCUT2D eigenvalue weighted by Gasteiger charge is 2.19. The summed E-state index contributed by atoms with van der Waals surface area (Å²) in [5.41, 5.74) is 1.05. The normalized spacial score (nSPS) is 12.3. The number of halogens is 1. The van der Waals surface area contributed by atoms with Gasteiger partial charge in [-0.1, -0.05) is 35.9 Å². The fourth-order valence-corrected chi connectivity index (χ4v) is 2.57. The lowest BCUT2D eigenvalue weighted by Gasteiger charge is -2.19. The predicted octanol–water partition coefficient (Wildman–Crippen LogP) is 4.27. The number of benzene rings is 2. The van der Waals surface area contributed by atoms with Crippen molar-refractivity contribution in [3.63, 3.8) is 0 Å². The van der Waals surface area contributed by atoms with Gasteiger partial charge in [-0.05, 0) is 56.2 Å². The molecule has 0 heterocycles. The second-order valence-electron chi connectivity index (χ2n) is 7.49. The Bertz CT molecular complexity index is 809. The summed E-state index contributed by atoms with van der Waals surface area (Å²) in [4.78, 5) is 23.2. The highest BCUT2D eigenvalue weighted by molar-refractivity contribution is 6.30. The SMILES string of the molecule is CC(C)(C)OC(=O)COc1ccc(CC(OCc2ccc(Cl)cc2)C(=O)O)cc1. The van der Waals surface area contributed by atoms with Crippen LogP contribution in [0.4, 0.5) is 0 Å². The van der Waals surface area contributed by atoms with E-state index in [1.54, 1.807) is 69.3 Å². The van der Waals surface area contributed by atoms with Crippen LogP contribution in [0.25, 0.3) is 0 Å². The Morgan fingerprint density at radius 3 is 2.14 bits per heavy atom. The molecule has 0 aliphatic heterocycles. The lowest BCUT2D eigenvalue weighted by molar-refractivity contribution is -0.157. The lowest BCUT2D eigenvalue weighted by Crippen LogP contribution is -2.27. The first-order valence-electron chi connectivity index (χ1n) is 9.15. The standard InChI is InChI=1S/C22H25ClO6/c1-22(2,3)29-20(24)14-27-18-10-6-15(7-11-18)12-19(21(25)26)28-13-16-4-8-17(23)9-5-16/h4-11,19H,12-14H2,1-3H3,(H,25,26). The quantitative estimate of drug-likeness (QED) is 0.610. The van der Waals surface area contributed by atoms with E-state index in [1.807, 2.05) is 0 Å². The molecule has 0 aliphatic rings. The lowest BCUT2D eigenvalue weighted by atomic mass is 10.1. The molecule has 2 rings (SSSR count). The molecule has 7 heteroatoms. The van der Waals surface area contributed by atoms with Gasteiger partial charge in [0.25, 0.3) is 0 Å². The molecule has 0 aromatic heterocycles. The molecule has 29 heavy (non-hydrogen) atoms. The first kappa shape index (κ1) is 22.7. The second-order valence-corrected chi connectivity index (χ2v) is 7.92. The van der Waals surface area contributed by atoms with E-state index in [0.29, 0.717) is 10.8 Å². The van der Waals surface area contributed by atoms with E-state index in [-0.39, 0.29) is 19.6 Å². The van der Waals surface area contributed by atoms with Crippen molar-refractivity contribution in [2.75, 3.05) is 6.61 Å². The first-order valence-corrected chi connectivity index (χ1v) is 9.52. The molecule has 0 saturated carbocycles. The molecule has 2 aromatic carbocycles. The minimum absolute atomic E-state index is 0.172. The van der Waals surface area contributed by atoms with Crippen LogP contribution >= 0.6 is 11.6 Å². The molecule has 0 aliphatic carbocycles. The largest absolute Gasteiger partial charge is 0.482 e. The summed E-state index contributed by atoms with van der Waals surface area (Å²) in [6.07, 6.45) is -0.783. The molecular weight excluding hydrogens is 396 g/mol. The van der Waals surface area contributed by atoms with Crippen LogP contribution < -0.4 is 4.74 Å². The Kier molecular flexibility index (Phi) is 8.05. The maximum Gasteiger partial charge on any atom is 0.344 e. The van der Waals surface area contributed by atoms with Gasteiger partial charge < -0.3 is 19.3 Å². The Hall–Kier alpha value is -2.57. The van der Waals surface area contributed by atoms with Crippen molar-refractivity contribution in [2.45, 2.75) is 45.5 Å². The molecule has 1 atom stereocenters. The van der Waals surface area contributed by atoms with Gasteiger partial charge in [-0.2, -0.15) is 0 Å². The smallest absolute Gasteiger partial charge is 0.344 e. The number of carboxylic acid groups (broad SMARTS) is 1. The number of hydrogen-bond donors (Lipinski definition) is 1. The highest BCUT2D eigenvalue weighted by Crippen LogP contribution is 2.17. The molecule has 1 unspecified atom stereocenters. The van der Waals surface area contributed by atoms with Gasteiger partial charge in [-0.15, -0.1) is 0 Å². The Morgan fingerprint density at radius 1 is 1.00 bits per heavy atom. The van der Waals surface area contributed by atoms with E-state index < -0.39 is 23.6 Å². The fraction of sp³-hybridized carbons (Fsp3) is 0.364. The third-order valence-corrected chi connectivity index (χ3v) is 4.01. The Labute approximate surface area is 175 Å². The van der Waals surface area contributed by atoms with Gasteiger partial charge in [0.15, 0.2) is 12.7 Å². The van der Waals surface area contributed by atoms with Crippen LogP contribution in [0.5, 0.6) is 5.75 Å². The van der Waals surface area contributed by atoms with Crippen molar-refractivity contribution in [3.8, 4) is 5.75 Å². The monoisotopic (exact) mass is 420 g/mol. The molecule has 6 nitrogen and oxygen atoms in total. The third-order valence-electron chi connectivity index (χ3n) is 3.76. The van der Waals surface area contributed by atoms with Gasteiger partial charge in [0.1, 0.15) is 11.4 Å². The van der Waals surface area contributed by atoms with E-state index >= 15 is 0 Å². The molecule has 0 bridgehead atoms. The minimum Gasteiger partial charge on any atom is -0.482 e. The van der Waals surface area contributed by atoms with Crippen molar-refractivity contribution in [3.05, 3.63) is 64.7 Å². The number of rotatable bonds is 9. The number of hydrogen-bond acceptors (Lipinski definition) is 5. The zero-order valence-corrected chi connectivity index (χ0v) is 17.4. The average molecular weight is 421 g/mol. The van der Waals surface area contributed by atoms with Crippen LogP contribution in [0.1, 0.15) is 31.9 Å². The maximum atomic E-state index is 11.7. The van der Waals surface area contributed by atoms with Gasteiger partial charge >= 0.3 is 11.9 Å². The zero-order chi connectivity index (χ0) is 21.4. The van der Waals surface area contributed by atoms with Gasteiger partial charge in [-0.25, -0.2) is 9.59 Å². The van der Waals surface area contributed by atoms with Crippen LogP contribution in [-0.4, -0.2) is 35.4 Å². The van der Waals surface area contributed by atoms with E-state index in [2.05, 4.69) is 0 Å². The zero-order valence-electron chi connectivity index (χ0n) is 16.7. The molecule has 1 N–H and O–H groups in total. The van der Waals surface area contributed by atoms with Crippen LogP contribution in [0.15, 0.2) is 48.5 Å². The fourth-order valence-electron chi connectivity index (χ4n) is 2.44. The summed E-state index contributed by atoms with van der Waals surface area (Å²) in [7, 11) is 0. The van der Waals surface area contributed by atoms with Gasteiger partial charge in [0.2, 0.25) is 0 Å². The molecular formula is C22H25ClO6. The number of ether oxygens (including phenoxy) is 3. The van der Waals surface area contributed by atoms with Gasteiger partial charge in [0, 0.05) is 11.4 Å². The topological polar surface area (TPSA) is 82.1 Å². The number of aliphatic carboxylic acids is 1. The molecule has 0 spiro atoms. The summed E-state index contributed by atoms with van der Waals surface area (Å²) in [5, 5.41) is 10.0. The Morgan fingerprint density at radius 2 is 1.59 bits per heavy atom. The summed E-state index contributed by atoms with van der Waals surface area (Å²) in [5.74, 6) is -0.999. The molecule has 2 aromatic rings. The van der Waals surface area contributed by atoms with Crippen molar-refractivity contribution < 1.29 is 28.9 Å². The van der Waals surface area contributed by atoms with Crippen molar-refractivity contribution in [1.29, 1.82) is 0 Å². The van der Waals surface area contributed by atoms with Gasteiger partial charge in [-0.3, -0.25) is 0 Å². The predicted molar refractivity (Wildman–Crippen MR) is 109 cm³/mol. The summed E-state index contributed by atoms with van der Waals surface area (Å²) in [6, 6.07) is 13.9. The molecule has 0 saturated heterocycles. The van der Waals surface area contributed by atoms with Crippen LogP contribution in [0, 0.1) is 0 Å². The number of carboxylic acids is 1. The summed E-state index contributed by atoms with van der Waals surface area (Å²) < 4.78 is 16.1. The van der Waals surface area contributed by atoms with E-state index in [0.717, 1.165) is 11.1 Å². The van der Waals surface area contributed by atoms with E-state index in [1.165, 1.54) is 0 Å². The maximum absolute atomic E-state index is 11.7. The minimum atomic E-state index is -1.04. The number of carbonyl (C=O) groups is 2. The first-order chi connectivity index (χ1) is 13.6. The van der Waals surface area contributed by atoms with Crippen molar-refractivity contribution in [2.24, 2.45) is 0 Å². The Balaban J connectivity index is 1.87. The van der Waals surface area contributed by atoms with Crippen LogP contribution in [-0.2, 0) is 32.1 Å². The van der Waals surface area contributed by atoms with Crippen molar-refractivity contribution in [1.82, 2.24) is 0 Å². The molecule has 0 fully saturated rings.